The standard InChI is InChI=1S/C8H18O.2C5H8O2.Ti/c1-7(2,3)9-8(4,5)6;2*1-4(6)3-5(2)7;/h1-6H3;2*6H,1,3H2,2H3;/q;;;+2/p-2. The van der Waals surface area contributed by atoms with Crippen LogP contribution in [0, 0.1) is 0 Å². The summed E-state index contributed by atoms with van der Waals surface area (Å²) < 4.78 is 5.62. The molecule has 0 fully saturated rings. The fourth-order valence-corrected chi connectivity index (χ4v) is 1.47. The van der Waals surface area contributed by atoms with Gasteiger partial charge in [0.2, 0.25) is 0 Å². The van der Waals surface area contributed by atoms with Gasteiger partial charge in [0.15, 0.2) is 0 Å². The number of carbonyl (C=O) groups is 2. The first-order valence-corrected chi connectivity index (χ1v) is 7.35. The zero-order valence-corrected chi connectivity index (χ0v) is 17.9. The molecule has 0 amide bonds. The van der Waals surface area contributed by atoms with Crippen LogP contribution in [0.5, 0.6) is 0 Å². The topological polar surface area (TPSA) is 89.5 Å². The van der Waals surface area contributed by atoms with E-state index in [4.69, 9.17) is 4.74 Å². The Morgan fingerprint density at radius 3 is 1.00 bits per heavy atom. The zero-order chi connectivity index (χ0) is 19.4. The van der Waals surface area contributed by atoms with Crippen molar-refractivity contribution >= 4 is 11.6 Å². The first-order chi connectivity index (χ1) is 9.96. The van der Waals surface area contributed by atoms with Gasteiger partial charge < -0.3 is 14.9 Å². The van der Waals surface area contributed by atoms with Crippen molar-refractivity contribution in [3.63, 3.8) is 0 Å². The number of hydrogen-bond acceptors (Lipinski definition) is 5. The maximum Gasteiger partial charge on any atom is 2.00 e. The van der Waals surface area contributed by atoms with Crippen molar-refractivity contribution in [3.05, 3.63) is 24.7 Å². The van der Waals surface area contributed by atoms with Crippen molar-refractivity contribution in [2.75, 3.05) is 0 Å². The first-order valence-electron chi connectivity index (χ1n) is 7.35. The van der Waals surface area contributed by atoms with Crippen molar-refractivity contribution in [2.45, 2.75) is 79.4 Å². The monoisotopic (exact) mass is 376 g/mol. The summed E-state index contributed by atoms with van der Waals surface area (Å²) >= 11 is 0. The number of Topliss-reactive ketones (excluding diaryl/α,β-unsaturated/α-hetero) is 2. The minimum Gasteiger partial charge on any atom is -0.876 e. The Morgan fingerprint density at radius 1 is 0.792 bits per heavy atom. The summed E-state index contributed by atoms with van der Waals surface area (Å²) in [5.74, 6) is -0.875. The van der Waals surface area contributed by atoms with Crippen molar-refractivity contribution in [1.29, 1.82) is 0 Å². The molecule has 0 rings (SSSR count). The van der Waals surface area contributed by atoms with E-state index in [9.17, 15) is 19.8 Å². The van der Waals surface area contributed by atoms with Crippen LogP contribution >= 0.6 is 0 Å². The van der Waals surface area contributed by atoms with Gasteiger partial charge in [0, 0.05) is 12.8 Å². The number of ether oxygens (including phenoxy) is 1. The van der Waals surface area contributed by atoms with Crippen LogP contribution in [0.3, 0.4) is 0 Å². The Hall–Kier alpha value is -0.906. The summed E-state index contributed by atoms with van der Waals surface area (Å²) in [5.41, 5.74) is -0.0312. The van der Waals surface area contributed by atoms with Gasteiger partial charge in [-0.1, -0.05) is 0 Å². The molecule has 0 spiro atoms. The largest absolute Gasteiger partial charge is 2.00 e. The van der Waals surface area contributed by atoms with E-state index < -0.39 is 0 Å². The Kier molecular flexibility index (Phi) is 18.6. The molecule has 0 aliphatic heterocycles. The van der Waals surface area contributed by atoms with E-state index in [0.717, 1.165) is 0 Å². The van der Waals surface area contributed by atoms with Crippen LogP contribution in [0.1, 0.15) is 68.2 Å². The predicted molar refractivity (Wildman–Crippen MR) is 89.5 cm³/mol. The van der Waals surface area contributed by atoms with E-state index in [1.54, 1.807) is 0 Å². The average molecular weight is 376 g/mol. The van der Waals surface area contributed by atoms with Crippen LogP contribution in [-0.2, 0) is 36.0 Å². The molecule has 0 aliphatic carbocycles. The zero-order valence-electron chi connectivity index (χ0n) is 16.4. The minimum absolute atomic E-state index is 0. The third-order valence-electron chi connectivity index (χ3n) is 1.50. The molecule has 0 N–H and O–H groups in total. The molecule has 138 valence electrons. The Balaban J connectivity index is -0.000000124. The molecule has 0 heterocycles. The van der Waals surface area contributed by atoms with Gasteiger partial charge in [0.05, 0.1) is 11.2 Å². The molecule has 0 aliphatic rings. The number of rotatable bonds is 4. The van der Waals surface area contributed by atoms with Crippen molar-refractivity contribution in [1.82, 2.24) is 0 Å². The second-order valence-corrected chi connectivity index (χ2v) is 7.16. The smallest absolute Gasteiger partial charge is 0.876 e. The average Bonchev–Trinajstić information content (AvgIpc) is 2.06. The summed E-state index contributed by atoms with van der Waals surface area (Å²) in [6.07, 6.45) is -0.0556. The molecule has 0 bridgehead atoms. The summed E-state index contributed by atoms with van der Waals surface area (Å²) in [4.78, 5) is 20.0. The number of ketones is 2. The Bertz CT molecular complexity index is 339. The number of carbonyl (C=O) groups excluding carboxylic acids is 2. The van der Waals surface area contributed by atoms with Gasteiger partial charge in [0.25, 0.3) is 0 Å². The Morgan fingerprint density at radius 2 is 1.00 bits per heavy atom. The summed E-state index contributed by atoms with van der Waals surface area (Å²) in [6.45, 7) is 21.2. The van der Waals surface area contributed by atoms with Crippen LogP contribution in [0.25, 0.3) is 0 Å². The summed E-state index contributed by atoms with van der Waals surface area (Å²) in [5, 5.41) is 19.8. The van der Waals surface area contributed by atoms with Gasteiger partial charge in [-0.3, -0.25) is 9.59 Å². The van der Waals surface area contributed by atoms with Gasteiger partial charge in [-0.25, -0.2) is 0 Å². The van der Waals surface area contributed by atoms with Gasteiger partial charge in [-0.05, 0) is 55.4 Å². The van der Waals surface area contributed by atoms with E-state index in [1.165, 1.54) is 13.8 Å². The number of allylic oxidation sites excluding steroid dienone is 2. The summed E-state index contributed by atoms with van der Waals surface area (Å²) in [6, 6.07) is 0. The molecule has 0 saturated heterocycles. The van der Waals surface area contributed by atoms with Crippen molar-refractivity contribution in [2.24, 2.45) is 0 Å². The molecule has 5 nitrogen and oxygen atoms in total. The maximum atomic E-state index is 9.99. The molecule has 0 aromatic heterocycles. The molecule has 0 saturated carbocycles. The molecule has 24 heavy (non-hydrogen) atoms. The number of hydrogen-bond donors (Lipinski definition) is 0. The molecule has 0 aromatic carbocycles. The van der Waals surface area contributed by atoms with Crippen LogP contribution in [0.2, 0.25) is 0 Å². The van der Waals surface area contributed by atoms with Crippen LogP contribution in [0.4, 0.5) is 0 Å². The molecule has 0 aromatic rings. The van der Waals surface area contributed by atoms with Gasteiger partial charge in [-0.2, -0.15) is 0 Å². The van der Waals surface area contributed by atoms with E-state index in [1.807, 2.05) is 0 Å². The van der Waals surface area contributed by atoms with Crippen molar-refractivity contribution < 1.29 is 46.3 Å². The normalized spacial score (nSPS) is 10.0. The summed E-state index contributed by atoms with van der Waals surface area (Å²) in [7, 11) is 0. The molecular weight excluding hydrogens is 344 g/mol. The van der Waals surface area contributed by atoms with Crippen LogP contribution in [-0.4, -0.2) is 22.8 Å². The first kappa shape index (κ1) is 30.9. The fourth-order valence-electron chi connectivity index (χ4n) is 1.47. The van der Waals surface area contributed by atoms with Crippen LogP contribution < -0.4 is 10.2 Å². The molecule has 0 atom stereocenters. The van der Waals surface area contributed by atoms with Gasteiger partial charge in [-0.15, -0.1) is 24.7 Å². The molecule has 0 unspecified atom stereocenters. The molecule has 0 radical (unpaired) electrons. The van der Waals surface area contributed by atoms with E-state index in [2.05, 4.69) is 54.7 Å². The van der Waals surface area contributed by atoms with Gasteiger partial charge in [0.1, 0.15) is 11.6 Å². The van der Waals surface area contributed by atoms with Crippen LogP contribution in [0.15, 0.2) is 24.7 Å². The van der Waals surface area contributed by atoms with Gasteiger partial charge >= 0.3 is 21.7 Å². The second kappa shape index (κ2) is 14.4. The van der Waals surface area contributed by atoms with Crippen molar-refractivity contribution in [3.8, 4) is 0 Å². The van der Waals surface area contributed by atoms with E-state index in [0.29, 0.717) is 0 Å². The SMILES string of the molecule is C=C([O-])CC(C)=O.C=C([O-])CC(C)=O.CC(C)(C)OC(C)(C)C.[Ti+2]. The van der Waals surface area contributed by atoms with E-state index >= 15 is 0 Å². The molecular formula is C18H32O5Ti. The molecule has 6 heteroatoms. The third kappa shape index (κ3) is 49.7. The predicted octanol–water partition coefficient (Wildman–Crippen LogP) is 2.28. The Labute approximate surface area is 162 Å². The second-order valence-electron chi connectivity index (χ2n) is 7.16. The quantitative estimate of drug-likeness (QED) is 0.555. The minimum atomic E-state index is -0.312. The van der Waals surface area contributed by atoms with E-state index in [-0.39, 0.29) is 68.8 Å². The third-order valence-corrected chi connectivity index (χ3v) is 1.50. The maximum absolute atomic E-state index is 9.99. The fraction of sp³-hybridized carbons (Fsp3) is 0.667.